The minimum Gasteiger partial charge on any atom is -0.309 e. The molecule has 0 spiro atoms. The molecule has 5 heteroatoms. The van der Waals surface area contributed by atoms with Crippen LogP contribution in [0.1, 0.15) is 25.3 Å². The van der Waals surface area contributed by atoms with Gasteiger partial charge in [0, 0.05) is 24.7 Å². The van der Waals surface area contributed by atoms with Crippen molar-refractivity contribution in [2.45, 2.75) is 32.4 Å². The molecule has 1 atom stereocenters. The smallest absolute Gasteiger partial charge is 0.0794 e. The Hall–Kier alpha value is -1.17. The van der Waals surface area contributed by atoms with E-state index < -0.39 is 0 Å². The number of rotatable bonds is 6. The average Bonchev–Trinajstić information content (AvgIpc) is 3.18. The first-order valence-electron chi connectivity index (χ1n) is 7.35. The Kier molecular flexibility index (Phi) is 4.50. The minimum absolute atomic E-state index is 0.513. The summed E-state index contributed by atoms with van der Waals surface area (Å²) >= 11 is 1.75. The van der Waals surface area contributed by atoms with Gasteiger partial charge in [-0.2, -0.15) is 5.10 Å². The molecule has 0 saturated carbocycles. The molecule has 0 bridgehead atoms. The normalized spacial score (nSPS) is 17.6. The molecule has 2 N–H and O–H groups in total. The molecule has 2 aromatic rings. The second kappa shape index (κ2) is 6.52. The fourth-order valence-electron chi connectivity index (χ4n) is 2.78. The van der Waals surface area contributed by atoms with Gasteiger partial charge in [-0.3, -0.25) is 5.10 Å². The zero-order valence-electron chi connectivity index (χ0n) is 11.9. The molecule has 2 aromatic heterocycles. The molecule has 0 aliphatic carbocycles. The van der Waals surface area contributed by atoms with E-state index in [1.54, 1.807) is 11.3 Å². The highest BCUT2D eigenvalue weighted by molar-refractivity contribution is 7.13. The maximum atomic E-state index is 4.19. The van der Waals surface area contributed by atoms with Gasteiger partial charge in [0.15, 0.2) is 0 Å². The Balaban J connectivity index is 1.54. The topological polar surface area (TPSA) is 44.0 Å². The van der Waals surface area contributed by atoms with Crippen molar-refractivity contribution in [2.24, 2.45) is 0 Å². The average molecular weight is 290 g/mol. The van der Waals surface area contributed by atoms with Crippen LogP contribution >= 0.6 is 11.3 Å². The summed E-state index contributed by atoms with van der Waals surface area (Å²) in [5.74, 6) is 0. The van der Waals surface area contributed by atoms with Crippen LogP contribution in [0.4, 0.5) is 0 Å². The van der Waals surface area contributed by atoms with Gasteiger partial charge in [-0.05, 0) is 44.3 Å². The van der Waals surface area contributed by atoms with Crippen molar-refractivity contribution in [3.63, 3.8) is 0 Å². The maximum absolute atomic E-state index is 4.19. The van der Waals surface area contributed by atoms with Crippen molar-refractivity contribution in [1.29, 1.82) is 0 Å². The van der Waals surface area contributed by atoms with Gasteiger partial charge in [-0.1, -0.05) is 6.07 Å². The summed E-state index contributed by atoms with van der Waals surface area (Å²) < 4.78 is 0. The van der Waals surface area contributed by atoms with Crippen molar-refractivity contribution in [1.82, 2.24) is 20.4 Å². The van der Waals surface area contributed by atoms with Gasteiger partial charge in [-0.25, -0.2) is 0 Å². The van der Waals surface area contributed by atoms with Crippen LogP contribution in [0.25, 0.3) is 10.6 Å². The summed E-state index contributed by atoms with van der Waals surface area (Å²) in [5.41, 5.74) is 2.40. The van der Waals surface area contributed by atoms with Crippen molar-refractivity contribution in [2.75, 3.05) is 19.6 Å². The summed E-state index contributed by atoms with van der Waals surface area (Å²) in [6, 6.07) is 4.72. The third-order valence-corrected chi connectivity index (χ3v) is 4.74. The minimum atomic E-state index is 0.513. The van der Waals surface area contributed by atoms with Crippen molar-refractivity contribution < 1.29 is 0 Å². The lowest BCUT2D eigenvalue weighted by atomic mass is 10.2. The summed E-state index contributed by atoms with van der Waals surface area (Å²) in [6.07, 6.45) is 4.65. The van der Waals surface area contributed by atoms with Crippen molar-refractivity contribution in [3.05, 3.63) is 29.3 Å². The number of nitrogens with zero attached hydrogens (tertiary/aromatic N) is 2. The number of nitrogens with one attached hydrogen (secondary N) is 2. The molecule has 4 nitrogen and oxygen atoms in total. The van der Waals surface area contributed by atoms with E-state index in [1.807, 2.05) is 6.20 Å². The van der Waals surface area contributed by atoms with E-state index in [9.17, 15) is 0 Å². The van der Waals surface area contributed by atoms with E-state index in [2.05, 4.69) is 44.9 Å². The van der Waals surface area contributed by atoms with Crippen LogP contribution in [0.3, 0.4) is 0 Å². The number of thiophene rings is 1. The van der Waals surface area contributed by atoms with E-state index in [0.29, 0.717) is 6.04 Å². The first-order chi connectivity index (χ1) is 9.83. The SMILES string of the molecule is CC(CN1CCCC1)NCc1cn[nH]c1-c1cccs1. The Labute approximate surface area is 124 Å². The molecule has 3 rings (SSSR count). The molecule has 108 valence electrons. The lowest BCUT2D eigenvalue weighted by Gasteiger charge is -2.21. The van der Waals surface area contributed by atoms with E-state index in [1.165, 1.54) is 36.4 Å². The largest absolute Gasteiger partial charge is 0.309 e. The predicted molar refractivity (Wildman–Crippen MR) is 83.9 cm³/mol. The zero-order chi connectivity index (χ0) is 13.8. The lowest BCUT2D eigenvalue weighted by molar-refractivity contribution is 0.298. The van der Waals surface area contributed by atoms with E-state index in [-0.39, 0.29) is 0 Å². The van der Waals surface area contributed by atoms with Gasteiger partial charge in [0.2, 0.25) is 0 Å². The van der Waals surface area contributed by atoms with Crippen LogP contribution in [0, 0.1) is 0 Å². The lowest BCUT2D eigenvalue weighted by Crippen LogP contribution is -2.37. The Morgan fingerprint density at radius 3 is 3.05 bits per heavy atom. The van der Waals surface area contributed by atoms with Gasteiger partial charge in [-0.15, -0.1) is 11.3 Å². The van der Waals surface area contributed by atoms with Crippen LogP contribution in [0.5, 0.6) is 0 Å². The zero-order valence-corrected chi connectivity index (χ0v) is 12.7. The molecule has 1 aliphatic heterocycles. The fraction of sp³-hybridized carbons (Fsp3) is 0.533. The molecule has 0 amide bonds. The summed E-state index contributed by atoms with van der Waals surface area (Å²) in [6.45, 7) is 6.81. The summed E-state index contributed by atoms with van der Waals surface area (Å²) in [7, 11) is 0. The monoisotopic (exact) mass is 290 g/mol. The summed E-state index contributed by atoms with van der Waals surface area (Å²) in [5, 5.41) is 13.0. The molecule has 0 aromatic carbocycles. The highest BCUT2D eigenvalue weighted by Crippen LogP contribution is 2.25. The van der Waals surface area contributed by atoms with Gasteiger partial charge in [0.05, 0.1) is 16.8 Å². The molecular formula is C15H22N4S. The first-order valence-corrected chi connectivity index (χ1v) is 8.23. The number of H-pyrrole nitrogens is 1. The third-order valence-electron chi connectivity index (χ3n) is 3.86. The van der Waals surface area contributed by atoms with E-state index in [4.69, 9.17) is 0 Å². The van der Waals surface area contributed by atoms with Gasteiger partial charge < -0.3 is 10.2 Å². The first kappa shape index (κ1) is 13.8. The second-order valence-electron chi connectivity index (χ2n) is 5.54. The molecule has 20 heavy (non-hydrogen) atoms. The standard InChI is InChI=1S/C15H22N4S/c1-12(11-19-6-2-3-7-19)16-9-13-10-17-18-15(13)14-5-4-8-20-14/h4-5,8,10,12,16H,2-3,6-7,9,11H2,1H3,(H,17,18). The fourth-order valence-corrected chi connectivity index (χ4v) is 3.54. The summed E-state index contributed by atoms with van der Waals surface area (Å²) in [4.78, 5) is 3.80. The molecule has 1 saturated heterocycles. The van der Waals surface area contributed by atoms with Gasteiger partial charge in [0.25, 0.3) is 0 Å². The highest BCUT2D eigenvalue weighted by Gasteiger charge is 2.15. The molecule has 0 radical (unpaired) electrons. The van der Waals surface area contributed by atoms with Crippen LogP contribution in [0.15, 0.2) is 23.7 Å². The number of aromatic nitrogens is 2. The number of aromatic amines is 1. The van der Waals surface area contributed by atoms with Crippen molar-refractivity contribution in [3.8, 4) is 10.6 Å². The van der Waals surface area contributed by atoms with Crippen molar-refractivity contribution >= 4 is 11.3 Å². The predicted octanol–water partition coefficient (Wildman–Crippen LogP) is 2.71. The van der Waals surface area contributed by atoms with Crippen LogP contribution in [-0.4, -0.2) is 40.8 Å². The Morgan fingerprint density at radius 2 is 2.30 bits per heavy atom. The molecule has 1 aliphatic rings. The molecule has 3 heterocycles. The van der Waals surface area contributed by atoms with Crippen LogP contribution in [-0.2, 0) is 6.54 Å². The van der Waals surface area contributed by atoms with E-state index in [0.717, 1.165) is 18.8 Å². The Morgan fingerprint density at radius 1 is 1.45 bits per heavy atom. The number of likely N-dealkylation sites (tertiary alicyclic amines) is 1. The van der Waals surface area contributed by atoms with Gasteiger partial charge in [0.1, 0.15) is 0 Å². The van der Waals surface area contributed by atoms with E-state index >= 15 is 0 Å². The van der Waals surface area contributed by atoms with Crippen LogP contribution in [0.2, 0.25) is 0 Å². The number of hydrogen-bond donors (Lipinski definition) is 2. The molecule has 1 fully saturated rings. The third kappa shape index (κ3) is 3.29. The number of hydrogen-bond acceptors (Lipinski definition) is 4. The van der Waals surface area contributed by atoms with Crippen LogP contribution < -0.4 is 5.32 Å². The second-order valence-corrected chi connectivity index (χ2v) is 6.48. The maximum Gasteiger partial charge on any atom is 0.0794 e. The quantitative estimate of drug-likeness (QED) is 0.860. The highest BCUT2D eigenvalue weighted by atomic mass is 32.1. The molecule has 1 unspecified atom stereocenters. The Bertz CT molecular complexity index is 514. The van der Waals surface area contributed by atoms with Gasteiger partial charge >= 0.3 is 0 Å². The molecular weight excluding hydrogens is 268 g/mol.